The summed E-state index contributed by atoms with van der Waals surface area (Å²) in [6.07, 6.45) is -0.451. The smallest absolute Gasteiger partial charge is 0.407 e. The highest BCUT2D eigenvalue weighted by molar-refractivity contribution is 5.67. The van der Waals surface area contributed by atoms with Crippen molar-refractivity contribution in [1.82, 2.24) is 10.6 Å². The zero-order valence-electron chi connectivity index (χ0n) is 11.5. The number of rotatable bonds is 7. The lowest BCUT2D eigenvalue weighted by molar-refractivity contribution is 0.138. The molecule has 0 aliphatic heterocycles. The van der Waals surface area contributed by atoms with Crippen molar-refractivity contribution in [3.05, 3.63) is 23.8 Å². The van der Waals surface area contributed by atoms with Crippen LogP contribution in [0.2, 0.25) is 0 Å². The summed E-state index contributed by atoms with van der Waals surface area (Å²) in [5.74, 6) is 1.32. The van der Waals surface area contributed by atoms with Gasteiger partial charge in [0.15, 0.2) is 0 Å². The maximum Gasteiger partial charge on any atom is 0.407 e. The van der Waals surface area contributed by atoms with Crippen molar-refractivity contribution in [3.8, 4) is 11.5 Å². The number of alkyl carbamates (subject to hydrolysis) is 1. The van der Waals surface area contributed by atoms with Gasteiger partial charge in [0, 0.05) is 24.7 Å². The van der Waals surface area contributed by atoms with Crippen LogP contribution in [0, 0.1) is 0 Å². The fourth-order valence-corrected chi connectivity index (χ4v) is 1.45. The molecule has 6 nitrogen and oxygen atoms in total. The number of nitrogens with one attached hydrogen (secondary N) is 2. The Hall–Kier alpha value is -1.95. The van der Waals surface area contributed by atoms with Gasteiger partial charge in [-0.1, -0.05) is 0 Å². The number of likely N-dealkylation sites (N-methyl/N-ethyl adjacent to an activating group) is 1. The zero-order valence-corrected chi connectivity index (χ0v) is 11.5. The largest absolute Gasteiger partial charge is 0.497 e. The summed E-state index contributed by atoms with van der Waals surface area (Å²) in [6, 6.07) is 5.34. The first-order valence-corrected chi connectivity index (χ1v) is 5.97. The Morgan fingerprint density at radius 3 is 2.63 bits per heavy atom. The summed E-state index contributed by atoms with van der Waals surface area (Å²) in [4.78, 5) is 11.4. The molecule has 6 heteroatoms. The normalized spacial score (nSPS) is 9.84. The number of methoxy groups -OCH3 is 2. The molecule has 1 aromatic rings. The maximum atomic E-state index is 11.4. The van der Waals surface area contributed by atoms with Crippen LogP contribution in [0.1, 0.15) is 5.56 Å². The Kier molecular flexibility index (Phi) is 6.52. The lowest BCUT2D eigenvalue weighted by atomic mass is 10.2. The summed E-state index contributed by atoms with van der Waals surface area (Å²) >= 11 is 0. The Labute approximate surface area is 113 Å². The highest BCUT2D eigenvalue weighted by Crippen LogP contribution is 2.25. The van der Waals surface area contributed by atoms with Gasteiger partial charge >= 0.3 is 6.09 Å². The third-order valence-corrected chi connectivity index (χ3v) is 2.50. The van der Waals surface area contributed by atoms with Crippen LogP contribution in [-0.4, -0.2) is 40.5 Å². The average molecular weight is 268 g/mol. The van der Waals surface area contributed by atoms with Crippen molar-refractivity contribution in [2.45, 2.75) is 6.61 Å². The van der Waals surface area contributed by atoms with E-state index >= 15 is 0 Å². The van der Waals surface area contributed by atoms with Gasteiger partial charge in [0.25, 0.3) is 0 Å². The average Bonchev–Trinajstić information content (AvgIpc) is 2.45. The summed E-state index contributed by atoms with van der Waals surface area (Å²) in [5, 5.41) is 5.55. The number of amides is 1. The second-order valence-corrected chi connectivity index (χ2v) is 3.78. The van der Waals surface area contributed by atoms with Crippen molar-refractivity contribution in [1.29, 1.82) is 0 Å². The van der Waals surface area contributed by atoms with Gasteiger partial charge in [-0.05, 0) is 19.2 Å². The number of carbonyl (C=O) groups excluding carboxylic acids is 1. The quantitative estimate of drug-likeness (QED) is 0.726. The molecule has 0 radical (unpaired) electrons. The minimum atomic E-state index is -0.451. The van der Waals surface area contributed by atoms with E-state index in [1.807, 2.05) is 7.05 Å². The zero-order chi connectivity index (χ0) is 14.1. The molecular formula is C13H20N2O4. The fraction of sp³-hybridized carbons (Fsp3) is 0.462. The molecule has 19 heavy (non-hydrogen) atoms. The highest BCUT2D eigenvalue weighted by atomic mass is 16.5. The molecule has 0 saturated carbocycles. The van der Waals surface area contributed by atoms with E-state index in [2.05, 4.69) is 10.6 Å². The summed E-state index contributed by atoms with van der Waals surface area (Å²) < 4.78 is 15.4. The molecule has 0 aliphatic rings. The van der Waals surface area contributed by atoms with E-state index in [1.54, 1.807) is 32.4 Å². The molecule has 0 spiro atoms. The number of hydrogen-bond donors (Lipinski definition) is 2. The first-order valence-electron chi connectivity index (χ1n) is 5.97. The van der Waals surface area contributed by atoms with E-state index in [4.69, 9.17) is 14.2 Å². The minimum Gasteiger partial charge on any atom is -0.497 e. The molecule has 0 saturated heterocycles. The Bertz CT molecular complexity index is 410. The molecule has 0 aliphatic carbocycles. The molecule has 0 atom stereocenters. The van der Waals surface area contributed by atoms with E-state index in [0.29, 0.717) is 24.6 Å². The Morgan fingerprint density at radius 1 is 1.21 bits per heavy atom. The van der Waals surface area contributed by atoms with Crippen LogP contribution in [0.4, 0.5) is 4.79 Å². The van der Waals surface area contributed by atoms with Crippen molar-refractivity contribution in [2.75, 3.05) is 34.4 Å². The SMILES string of the molecule is CNCCNC(=O)OCc1ccc(OC)cc1OC. The van der Waals surface area contributed by atoms with E-state index in [0.717, 1.165) is 5.56 Å². The molecule has 0 bridgehead atoms. The van der Waals surface area contributed by atoms with Gasteiger partial charge < -0.3 is 24.8 Å². The fourth-order valence-electron chi connectivity index (χ4n) is 1.45. The van der Waals surface area contributed by atoms with Gasteiger partial charge in [0.1, 0.15) is 18.1 Å². The van der Waals surface area contributed by atoms with Gasteiger partial charge in [-0.2, -0.15) is 0 Å². The van der Waals surface area contributed by atoms with E-state index in [9.17, 15) is 4.79 Å². The predicted molar refractivity (Wildman–Crippen MR) is 71.7 cm³/mol. The van der Waals surface area contributed by atoms with E-state index < -0.39 is 6.09 Å². The van der Waals surface area contributed by atoms with Crippen LogP contribution in [0.3, 0.4) is 0 Å². The first kappa shape index (κ1) is 15.1. The molecule has 2 N–H and O–H groups in total. The maximum absolute atomic E-state index is 11.4. The number of ether oxygens (including phenoxy) is 3. The number of hydrogen-bond acceptors (Lipinski definition) is 5. The standard InChI is InChI=1S/C13H20N2O4/c1-14-6-7-15-13(16)19-9-10-4-5-11(17-2)8-12(10)18-3/h4-5,8,14H,6-7,9H2,1-3H3,(H,15,16). The van der Waals surface area contributed by atoms with Gasteiger partial charge in [-0.25, -0.2) is 4.79 Å². The van der Waals surface area contributed by atoms with Crippen LogP contribution in [0.25, 0.3) is 0 Å². The summed E-state index contributed by atoms with van der Waals surface area (Å²) in [5.41, 5.74) is 0.784. The van der Waals surface area contributed by atoms with Gasteiger partial charge in [-0.15, -0.1) is 0 Å². The van der Waals surface area contributed by atoms with Crippen molar-refractivity contribution >= 4 is 6.09 Å². The number of carbonyl (C=O) groups is 1. The van der Waals surface area contributed by atoms with Crippen LogP contribution in [-0.2, 0) is 11.3 Å². The van der Waals surface area contributed by atoms with Crippen LogP contribution < -0.4 is 20.1 Å². The van der Waals surface area contributed by atoms with E-state index in [1.165, 1.54) is 0 Å². The summed E-state index contributed by atoms with van der Waals surface area (Å²) in [6.45, 7) is 1.37. The molecular weight excluding hydrogens is 248 g/mol. The number of benzene rings is 1. The second-order valence-electron chi connectivity index (χ2n) is 3.78. The van der Waals surface area contributed by atoms with Crippen molar-refractivity contribution < 1.29 is 19.0 Å². The minimum absolute atomic E-state index is 0.151. The van der Waals surface area contributed by atoms with Crippen molar-refractivity contribution in [3.63, 3.8) is 0 Å². The van der Waals surface area contributed by atoms with Crippen LogP contribution >= 0.6 is 0 Å². The predicted octanol–water partition coefficient (Wildman–Crippen LogP) is 1.15. The summed E-state index contributed by atoms with van der Waals surface area (Å²) in [7, 11) is 4.96. The monoisotopic (exact) mass is 268 g/mol. The van der Waals surface area contributed by atoms with Gasteiger partial charge in [-0.3, -0.25) is 0 Å². The molecule has 1 aromatic carbocycles. The van der Waals surface area contributed by atoms with Crippen LogP contribution in [0.5, 0.6) is 11.5 Å². The second kappa shape index (κ2) is 8.20. The van der Waals surface area contributed by atoms with Crippen molar-refractivity contribution in [2.24, 2.45) is 0 Å². The van der Waals surface area contributed by atoms with Crippen LogP contribution in [0.15, 0.2) is 18.2 Å². The third-order valence-electron chi connectivity index (χ3n) is 2.50. The lowest BCUT2D eigenvalue weighted by Crippen LogP contribution is -2.30. The third kappa shape index (κ3) is 5.05. The molecule has 1 amide bonds. The van der Waals surface area contributed by atoms with Gasteiger partial charge in [0.2, 0.25) is 0 Å². The molecule has 1 rings (SSSR count). The highest BCUT2D eigenvalue weighted by Gasteiger charge is 2.08. The van der Waals surface area contributed by atoms with Gasteiger partial charge in [0.05, 0.1) is 14.2 Å². The Morgan fingerprint density at radius 2 is 2.00 bits per heavy atom. The molecule has 0 fully saturated rings. The van der Waals surface area contributed by atoms with E-state index in [-0.39, 0.29) is 6.61 Å². The topological polar surface area (TPSA) is 68.8 Å². The molecule has 106 valence electrons. The molecule has 0 heterocycles. The molecule has 0 unspecified atom stereocenters. The lowest BCUT2D eigenvalue weighted by Gasteiger charge is -2.11. The Balaban J connectivity index is 2.50. The molecule has 0 aromatic heterocycles. The first-order chi connectivity index (χ1) is 9.21.